The molecule has 7 nitrogen and oxygen atoms in total. The van der Waals surface area contributed by atoms with Gasteiger partial charge >= 0.3 is 5.69 Å². The summed E-state index contributed by atoms with van der Waals surface area (Å²) in [6.45, 7) is 2.25. The fourth-order valence-electron chi connectivity index (χ4n) is 1.47. The minimum absolute atomic E-state index is 0.0510. The molecule has 2 N–H and O–H groups in total. The van der Waals surface area contributed by atoms with Crippen LogP contribution in [0.1, 0.15) is 6.92 Å². The van der Waals surface area contributed by atoms with E-state index >= 15 is 0 Å². The standard InChI is InChI=1S/C10H17N3O4S3/c1-7(6-18-3)5-12-20(16,17)9-4-8(13(14)15)10(11-2)19-9/h4,7,11-12H,5-6H2,1-3H3. The van der Waals surface area contributed by atoms with Gasteiger partial charge in [-0.05, 0) is 17.9 Å². The highest BCUT2D eigenvalue weighted by Gasteiger charge is 2.25. The maximum atomic E-state index is 12.1. The van der Waals surface area contributed by atoms with Crippen molar-refractivity contribution in [2.24, 2.45) is 5.92 Å². The quantitative estimate of drug-likeness (QED) is 0.555. The Morgan fingerprint density at radius 1 is 1.55 bits per heavy atom. The first kappa shape index (κ1) is 17.2. The van der Waals surface area contributed by atoms with E-state index in [1.807, 2.05) is 13.2 Å². The lowest BCUT2D eigenvalue weighted by molar-refractivity contribution is -0.383. The Morgan fingerprint density at radius 2 is 2.20 bits per heavy atom. The zero-order valence-electron chi connectivity index (χ0n) is 11.4. The maximum Gasteiger partial charge on any atom is 0.304 e. The molecule has 0 fully saturated rings. The summed E-state index contributed by atoms with van der Waals surface area (Å²) in [6, 6.07) is 1.08. The summed E-state index contributed by atoms with van der Waals surface area (Å²) >= 11 is 2.49. The number of thioether (sulfide) groups is 1. The predicted molar refractivity (Wildman–Crippen MR) is 83.3 cm³/mol. The SMILES string of the molecule is CNc1sc(S(=O)(=O)NCC(C)CSC)cc1[N+](=O)[O-]. The summed E-state index contributed by atoms with van der Waals surface area (Å²) in [4.78, 5) is 10.2. The number of nitro groups is 1. The number of nitrogens with zero attached hydrogens (tertiary/aromatic N) is 1. The number of anilines is 1. The summed E-state index contributed by atoms with van der Waals surface area (Å²) in [5.74, 6) is 1.04. The van der Waals surface area contributed by atoms with Crippen molar-refractivity contribution in [3.63, 3.8) is 0 Å². The Bertz CT molecular complexity index is 570. The highest BCUT2D eigenvalue weighted by molar-refractivity contribution is 7.98. The van der Waals surface area contributed by atoms with Crippen LogP contribution in [-0.2, 0) is 10.0 Å². The summed E-state index contributed by atoms with van der Waals surface area (Å²) in [6.07, 6.45) is 1.95. The van der Waals surface area contributed by atoms with Gasteiger partial charge in [0, 0.05) is 19.7 Å². The number of thiophene rings is 1. The third-order valence-corrected chi connectivity index (χ3v) is 6.39. The lowest BCUT2D eigenvalue weighted by Gasteiger charge is -2.10. The molecule has 1 aromatic rings. The lowest BCUT2D eigenvalue weighted by Crippen LogP contribution is -2.28. The zero-order valence-corrected chi connectivity index (χ0v) is 13.8. The topological polar surface area (TPSA) is 101 Å². The van der Waals surface area contributed by atoms with Crippen molar-refractivity contribution in [2.75, 3.05) is 30.9 Å². The molecule has 0 aliphatic rings. The molecule has 0 aliphatic heterocycles. The van der Waals surface area contributed by atoms with Crippen molar-refractivity contribution in [1.29, 1.82) is 0 Å². The van der Waals surface area contributed by atoms with Gasteiger partial charge < -0.3 is 5.32 Å². The van der Waals surface area contributed by atoms with Gasteiger partial charge in [-0.15, -0.1) is 0 Å². The summed E-state index contributed by atoms with van der Waals surface area (Å²) < 4.78 is 26.6. The van der Waals surface area contributed by atoms with E-state index in [0.717, 1.165) is 23.2 Å². The molecule has 0 spiro atoms. The zero-order chi connectivity index (χ0) is 15.3. The molecule has 0 aliphatic carbocycles. The molecule has 1 heterocycles. The highest BCUT2D eigenvalue weighted by atomic mass is 32.2. The van der Waals surface area contributed by atoms with Crippen molar-refractivity contribution in [2.45, 2.75) is 11.1 Å². The molecule has 0 amide bonds. The van der Waals surface area contributed by atoms with Crippen molar-refractivity contribution < 1.29 is 13.3 Å². The molecular formula is C10H17N3O4S3. The van der Waals surface area contributed by atoms with Gasteiger partial charge in [-0.1, -0.05) is 18.3 Å². The van der Waals surface area contributed by atoms with Crippen LogP contribution in [0.4, 0.5) is 10.7 Å². The second kappa shape index (κ2) is 7.25. The van der Waals surface area contributed by atoms with Crippen molar-refractivity contribution >= 4 is 43.8 Å². The molecule has 10 heteroatoms. The largest absolute Gasteiger partial charge is 0.374 e. The monoisotopic (exact) mass is 339 g/mol. The van der Waals surface area contributed by atoms with E-state index in [0.29, 0.717) is 6.54 Å². The van der Waals surface area contributed by atoms with E-state index in [4.69, 9.17) is 0 Å². The minimum atomic E-state index is -3.70. The molecule has 114 valence electrons. The number of nitrogens with one attached hydrogen (secondary N) is 2. The molecule has 1 rings (SSSR count). The van der Waals surface area contributed by atoms with Crippen molar-refractivity contribution in [3.05, 3.63) is 16.2 Å². The Balaban J connectivity index is 2.90. The fraction of sp³-hybridized carbons (Fsp3) is 0.600. The van der Waals surface area contributed by atoms with Gasteiger partial charge in [-0.25, -0.2) is 13.1 Å². The Hall–Kier alpha value is -0.840. The summed E-state index contributed by atoms with van der Waals surface area (Å²) in [7, 11) is -2.19. The van der Waals surface area contributed by atoms with Gasteiger partial charge in [-0.3, -0.25) is 10.1 Å². The lowest BCUT2D eigenvalue weighted by atomic mass is 10.2. The second-order valence-corrected chi connectivity index (χ2v) is 8.16. The summed E-state index contributed by atoms with van der Waals surface area (Å²) in [5, 5.41) is 13.7. The van der Waals surface area contributed by atoms with Gasteiger partial charge in [0.15, 0.2) is 5.00 Å². The smallest absolute Gasteiger partial charge is 0.304 e. The van der Waals surface area contributed by atoms with Crippen LogP contribution in [-0.4, -0.2) is 38.9 Å². The first-order valence-corrected chi connectivity index (χ1v) is 9.45. The fourth-order valence-corrected chi connectivity index (χ4v) is 4.65. The average molecular weight is 339 g/mol. The molecule has 0 saturated heterocycles. The number of hydrogen-bond donors (Lipinski definition) is 2. The van der Waals surface area contributed by atoms with Gasteiger partial charge in [0.25, 0.3) is 0 Å². The Labute approximate surface area is 126 Å². The molecule has 0 radical (unpaired) electrons. The average Bonchev–Trinajstić information content (AvgIpc) is 2.82. The van der Waals surface area contributed by atoms with E-state index < -0.39 is 14.9 Å². The predicted octanol–water partition coefficient (Wildman–Crippen LogP) is 1.98. The van der Waals surface area contributed by atoms with Crippen LogP contribution in [0.3, 0.4) is 0 Å². The van der Waals surface area contributed by atoms with Crippen LogP contribution >= 0.6 is 23.1 Å². The highest BCUT2D eigenvalue weighted by Crippen LogP contribution is 2.36. The Morgan fingerprint density at radius 3 is 2.65 bits per heavy atom. The molecule has 1 aromatic heterocycles. The molecule has 0 aromatic carbocycles. The molecule has 20 heavy (non-hydrogen) atoms. The molecular weight excluding hydrogens is 322 g/mol. The van der Waals surface area contributed by atoms with Gasteiger partial charge in [0.1, 0.15) is 4.21 Å². The van der Waals surface area contributed by atoms with Crippen LogP contribution in [0, 0.1) is 16.0 Å². The van der Waals surface area contributed by atoms with Gasteiger partial charge in [-0.2, -0.15) is 11.8 Å². The van der Waals surface area contributed by atoms with Crippen molar-refractivity contribution in [3.8, 4) is 0 Å². The van der Waals surface area contributed by atoms with E-state index in [9.17, 15) is 18.5 Å². The van der Waals surface area contributed by atoms with Crippen molar-refractivity contribution in [1.82, 2.24) is 4.72 Å². The number of hydrogen-bond acceptors (Lipinski definition) is 7. The first-order chi connectivity index (χ1) is 9.31. The first-order valence-electron chi connectivity index (χ1n) is 5.76. The van der Waals surface area contributed by atoms with Gasteiger partial charge in [0.05, 0.1) is 4.92 Å². The second-order valence-electron chi connectivity index (χ2n) is 4.20. The third kappa shape index (κ3) is 4.33. The number of rotatable bonds is 8. The minimum Gasteiger partial charge on any atom is -0.374 e. The molecule has 1 atom stereocenters. The van der Waals surface area contributed by atoms with E-state index in [-0.39, 0.29) is 20.8 Å². The molecule has 0 saturated carbocycles. The van der Waals surface area contributed by atoms with E-state index in [1.54, 1.807) is 11.8 Å². The van der Waals surface area contributed by atoms with E-state index in [1.165, 1.54) is 7.05 Å². The van der Waals surface area contributed by atoms with Crippen LogP contribution in [0.5, 0.6) is 0 Å². The summed E-state index contributed by atoms with van der Waals surface area (Å²) in [5.41, 5.74) is -0.227. The number of sulfonamides is 1. The van der Waals surface area contributed by atoms with Crippen LogP contribution in [0.2, 0.25) is 0 Å². The van der Waals surface area contributed by atoms with Gasteiger partial charge in [0.2, 0.25) is 10.0 Å². The van der Waals surface area contributed by atoms with E-state index in [2.05, 4.69) is 10.0 Å². The van der Waals surface area contributed by atoms with Crippen LogP contribution in [0.25, 0.3) is 0 Å². The third-order valence-electron chi connectivity index (χ3n) is 2.45. The molecule has 0 bridgehead atoms. The normalized spacial score (nSPS) is 13.2. The van der Waals surface area contributed by atoms with Crippen LogP contribution < -0.4 is 10.0 Å². The Kier molecular flexibility index (Phi) is 6.24. The van der Waals surface area contributed by atoms with Crippen LogP contribution in [0.15, 0.2) is 10.3 Å². The molecule has 1 unspecified atom stereocenters. The maximum absolute atomic E-state index is 12.1.